The van der Waals surface area contributed by atoms with E-state index >= 15 is 0 Å². The number of rotatable bonds is 5. The van der Waals surface area contributed by atoms with Gasteiger partial charge in [0.25, 0.3) is 0 Å². The Kier molecular flexibility index (Phi) is 4.15. The molecule has 2 rings (SSSR count). The zero-order valence-corrected chi connectivity index (χ0v) is 12.2. The van der Waals surface area contributed by atoms with Crippen LogP contribution >= 0.6 is 11.6 Å². The quantitative estimate of drug-likeness (QED) is 0.614. The molecule has 102 valence electrons. The summed E-state index contributed by atoms with van der Waals surface area (Å²) in [7, 11) is 0. The van der Waals surface area contributed by atoms with Crippen molar-refractivity contribution in [3.05, 3.63) is 47.2 Å². The minimum atomic E-state index is -0.0220. The Bertz CT molecular complexity index is 569. The Balaban J connectivity index is 2.29. The number of halogens is 1. The van der Waals surface area contributed by atoms with Gasteiger partial charge in [0.15, 0.2) is 5.78 Å². The van der Waals surface area contributed by atoms with Crippen LogP contribution in [0.15, 0.2) is 28.9 Å². The van der Waals surface area contributed by atoms with Crippen molar-refractivity contribution in [3.8, 4) is 0 Å². The van der Waals surface area contributed by atoms with Gasteiger partial charge in [-0.25, -0.2) is 0 Å². The summed E-state index contributed by atoms with van der Waals surface area (Å²) in [6.45, 7) is 6.10. The number of Topliss-reactive ketones (excluding diaryl/α,β-unsaturated/α-hetero) is 1. The number of hydrogen-bond donors (Lipinski definition) is 0. The summed E-state index contributed by atoms with van der Waals surface area (Å²) in [5.41, 5.74) is 2.77. The normalized spacial score (nSPS) is 12.6. The third-order valence-electron chi connectivity index (χ3n) is 3.42. The van der Waals surface area contributed by atoms with E-state index in [0.29, 0.717) is 0 Å². The molecule has 19 heavy (non-hydrogen) atoms. The fraction of sp³-hybridized carbons (Fsp3) is 0.400. The molecule has 0 fully saturated rings. The number of carbonyl (C=O) groups is 1. The van der Waals surface area contributed by atoms with Crippen LogP contribution in [-0.4, -0.2) is 16.2 Å². The summed E-state index contributed by atoms with van der Waals surface area (Å²) >= 11 is 5.64. The lowest BCUT2D eigenvalue weighted by Gasteiger charge is -2.17. The molecule has 1 unspecified atom stereocenters. The van der Waals surface area contributed by atoms with Crippen molar-refractivity contribution >= 4 is 17.4 Å². The van der Waals surface area contributed by atoms with E-state index in [9.17, 15) is 4.79 Å². The lowest BCUT2D eigenvalue weighted by atomic mass is 10.1. The van der Waals surface area contributed by atoms with Crippen molar-refractivity contribution in [2.75, 3.05) is 5.88 Å². The van der Waals surface area contributed by atoms with Gasteiger partial charge in [-0.2, -0.15) is 0 Å². The summed E-state index contributed by atoms with van der Waals surface area (Å²) in [6, 6.07) is 6.01. The zero-order valence-electron chi connectivity index (χ0n) is 11.4. The van der Waals surface area contributed by atoms with Gasteiger partial charge in [-0.1, -0.05) is 0 Å². The molecule has 0 bridgehead atoms. The van der Waals surface area contributed by atoms with Crippen molar-refractivity contribution in [3.63, 3.8) is 0 Å². The number of aromatic nitrogens is 1. The number of carbonyl (C=O) groups excluding carboxylic acids is 1. The first-order chi connectivity index (χ1) is 9.04. The first-order valence-electron chi connectivity index (χ1n) is 6.34. The SMILES string of the molecule is Cc1cc(C(=O)CCl)c(C)n1C(C)Cc1ccco1. The van der Waals surface area contributed by atoms with Crippen molar-refractivity contribution in [2.45, 2.75) is 33.2 Å². The molecule has 0 amide bonds. The molecule has 0 aliphatic carbocycles. The predicted molar refractivity (Wildman–Crippen MR) is 76.1 cm³/mol. The molecular formula is C15H18ClNO2. The average Bonchev–Trinajstić information content (AvgIpc) is 2.96. The molecule has 0 aliphatic heterocycles. The third-order valence-corrected chi connectivity index (χ3v) is 3.67. The molecule has 0 N–H and O–H groups in total. The number of furan rings is 1. The van der Waals surface area contributed by atoms with Crippen molar-refractivity contribution in [1.29, 1.82) is 0 Å². The average molecular weight is 280 g/mol. The van der Waals surface area contributed by atoms with Crippen LogP contribution in [0.2, 0.25) is 0 Å². The van der Waals surface area contributed by atoms with Gasteiger partial charge in [0.05, 0.1) is 12.1 Å². The Morgan fingerprint density at radius 3 is 2.79 bits per heavy atom. The molecule has 0 saturated carbocycles. The summed E-state index contributed by atoms with van der Waals surface area (Å²) < 4.78 is 7.55. The second-order valence-electron chi connectivity index (χ2n) is 4.84. The Hall–Kier alpha value is -1.48. The number of aryl methyl sites for hydroxylation is 1. The van der Waals surface area contributed by atoms with Crippen LogP contribution in [0.1, 0.15) is 40.5 Å². The van der Waals surface area contributed by atoms with Gasteiger partial charge in [-0.3, -0.25) is 4.79 Å². The lowest BCUT2D eigenvalue weighted by Crippen LogP contribution is -2.12. The fourth-order valence-corrected chi connectivity index (χ4v) is 2.76. The Morgan fingerprint density at radius 1 is 1.47 bits per heavy atom. The first-order valence-corrected chi connectivity index (χ1v) is 6.88. The van der Waals surface area contributed by atoms with Crippen molar-refractivity contribution < 1.29 is 9.21 Å². The molecule has 2 aromatic rings. The monoisotopic (exact) mass is 279 g/mol. The standard InChI is InChI=1S/C15H18ClNO2/c1-10(7-13-5-4-6-19-13)17-11(2)8-14(12(17)3)15(18)9-16/h4-6,8,10H,7,9H2,1-3H3. The van der Waals surface area contributed by atoms with Crippen LogP contribution in [0.3, 0.4) is 0 Å². The molecule has 0 aromatic carbocycles. The van der Waals surface area contributed by atoms with E-state index in [0.717, 1.165) is 29.1 Å². The van der Waals surface area contributed by atoms with Gasteiger partial charge in [0, 0.05) is 29.4 Å². The van der Waals surface area contributed by atoms with Gasteiger partial charge >= 0.3 is 0 Å². The highest BCUT2D eigenvalue weighted by Crippen LogP contribution is 2.23. The topological polar surface area (TPSA) is 35.1 Å². The van der Waals surface area contributed by atoms with Crippen LogP contribution in [-0.2, 0) is 6.42 Å². The molecule has 4 heteroatoms. The molecule has 0 aliphatic rings. The molecular weight excluding hydrogens is 262 g/mol. The number of nitrogens with zero attached hydrogens (tertiary/aromatic N) is 1. The maximum Gasteiger partial charge on any atom is 0.179 e. The summed E-state index contributed by atoms with van der Waals surface area (Å²) in [5, 5.41) is 0. The number of alkyl halides is 1. The van der Waals surface area contributed by atoms with Crippen molar-refractivity contribution in [2.24, 2.45) is 0 Å². The van der Waals surface area contributed by atoms with Gasteiger partial charge < -0.3 is 8.98 Å². The minimum absolute atomic E-state index is 0.0220. The highest BCUT2D eigenvalue weighted by atomic mass is 35.5. The second-order valence-corrected chi connectivity index (χ2v) is 5.11. The van der Waals surface area contributed by atoms with Crippen LogP contribution in [0.25, 0.3) is 0 Å². The van der Waals surface area contributed by atoms with E-state index < -0.39 is 0 Å². The molecule has 0 spiro atoms. The smallest absolute Gasteiger partial charge is 0.179 e. The van der Waals surface area contributed by atoms with Gasteiger partial charge in [0.1, 0.15) is 5.76 Å². The van der Waals surface area contributed by atoms with Crippen molar-refractivity contribution in [1.82, 2.24) is 4.57 Å². The largest absolute Gasteiger partial charge is 0.469 e. The summed E-state index contributed by atoms with van der Waals surface area (Å²) in [4.78, 5) is 11.8. The fourth-order valence-electron chi connectivity index (χ4n) is 2.62. The van der Waals surface area contributed by atoms with Crippen LogP contribution in [0.5, 0.6) is 0 Å². The Labute approximate surface area is 118 Å². The summed E-state index contributed by atoms with van der Waals surface area (Å²) in [6.07, 6.45) is 2.48. The molecule has 2 aromatic heterocycles. The maximum atomic E-state index is 11.8. The maximum absolute atomic E-state index is 11.8. The molecule has 3 nitrogen and oxygen atoms in total. The van der Waals surface area contributed by atoms with E-state index in [2.05, 4.69) is 11.5 Å². The van der Waals surface area contributed by atoms with Crippen LogP contribution < -0.4 is 0 Å². The molecule has 0 radical (unpaired) electrons. The Morgan fingerprint density at radius 2 is 2.21 bits per heavy atom. The second kappa shape index (κ2) is 5.66. The number of ketones is 1. The van der Waals surface area contributed by atoms with E-state index in [4.69, 9.17) is 16.0 Å². The highest BCUT2D eigenvalue weighted by molar-refractivity contribution is 6.30. The zero-order chi connectivity index (χ0) is 14.0. The van der Waals surface area contributed by atoms with E-state index in [1.807, 2.05) is 32.0 Å². The molecule has 2 heterocycles. The van der Waals surface area contributed by atoms with E-state index in [-0.39, 0.29) is 17.7 Å². The van der Waals surface area contributed by atoms with Crippen LogP contribution in [0.4, 0.5) is 0 Å². The molecule has 1 atom stereocenters. The van der Waals surface area contributed by atoms with E-state index in [1.54, 1.807) is 6.26 Å². The molecule has 0 saturated heterocycles. The van der Waals surface area contributed by atoms with Crippen LogP contribution in [0, 0.1) is 13.8 Å². The van der Waals surface area contributed by atoms with E-state index in [1.165, 1.54) is 0 Å². The highest BCUT2D eigenvalue weighted by Gasteiger charge is 2.18. The van der Waals surface area contributed by atoms with Gasteiger partial charge in [-0.05, 0) is 39.0 Å². The third kappa shape index (κ3) is 2.76. The predicted octanol–water partition coefficient (Wildman–Crippen LogP) is 3.92. The van der Waals surface area contributed by atoms with Gasteiger partial charge in [-0.15, -0.1) is 11.6 Å². The minimum Gasteiger partial charge on any atom is -0.469 e. The summed E-state index contributed by atoms with van der Waals surface area (Å²) in [5.74, 6) is 0.952. The first kappa shape index (κ1) is 13.9. The van der Waals surface area contributed by atoms with Gasteiger partial charge in [0.2, 0.25) is 0 Å². The lowest BCUT2D eigenvalue weighted by molar-refractivity contribution is 0.102. The number of hydrogen-bond acceptors (Lipinski definition) is 2.